The standard InChI is InChI=1S/C16H31NO2/c1-15(2,3)13-8-6-12(7-9-13)14(19)17-16(4,5)10-11-18/h12-13,18H,6-11H2,1-5H3,(H,17,19). The van der Waals surface area contributed by atoms with Crippen LogP contribution in [-0.4, -0.2) is 23.2 Å². The summed E-state index contributed by atoms with van der Waals surface area (Å²) in [5.74, 6) is 1.07. The van der Waals surface area contributed by atoms with Crippen LogP contribution in [0, 0.1) is 17.3 Å². The van der Waals surface area contributed by atoms with Gasteiger partial charge in [0.05, 0.1) is 0 Å². The Hall–Kier alpha value is -0.570. The molecule has 0 saturated heterocycles. The van der Waals surface area contributed by atoms with Gasteiger partial charge in [0.2, 0.25) is 5.91 Å². The highest BCUT2D eigenvalue weighted by molar-refractivity contribution is 5.79. The second-order valence-electron chi connectivity index (χ2n) is 7.76. The van der Waals surface area contributed by atoms with E-state index in [9.17, 15) is 4.79 Å². The zero-order chi connectivity index (χ0) is 14.7. The molecule has 1 rings (SSSR count). The van der Waals surface area contributed by atoms with Gasteiger partial charge < -0.3 is 10.4 Å². The van der Waals surface area contributed by atoms with E-state index in [0.29, 0.717) is 11.8 Å². The van der Waals surface area contributed by atoms with Crippen LogP contribution in [0.3, 0.4) is 0 Å². The van der Waals surface area contributed by atoms with Crippen molar-refractivity contribution in [1.29, 1.82) is 0 Å². The van der Waals surface area contributed by atoms with Crippen molar-refractivity contribution in [3.8, 4) is 0 Å². The average Bonchev–Trinajstić information content (AvgIpc) is 2.27. The Labute approximate surface area is 118 Å². The average molecular weight is 269 g/mol. The summed E-state index contributed by atoms with van der Waals surface area (Å²) >= 11 is 0. The van der Waals surface area contributed by atoms with E-state index in [-0.39, 0.29) is 24.0 Å². The zero-order valence-electron chi connectivity index (χ0n) is 13.3. The highest BCUT2D eigenvalue weighted by Crippen LogP contribution is 2.39. The molecule has 112 valence electrons. The minimum atomic E-state index is -0.299. The van der Waals surface area contributed by atoms with Crippen molar-refractivity contribution in [2.24, 2.45) is 17.3 Å². The molecule has 1 saturated carbocycles. The Morgan fingerprint density at radius 3 is 2.05 bits per heavy atom. The second kappa shape index (κ2) is 6.25. The number of hydrogen-bond acceptors (Lipinski definition) is 2. The topological polar surface area (TPSA) is 49.3 Å². The monoisotopic (exact) mass is 269 g/mol. The first-order valence-corrected chi connectivity index (χ1v) is 7.58. The van der Waals surface area contributed by atoms with Crippen LogP contribution in [0.25, 0.3) is 0 Å². The van der Waals surface area contributed by atoms with Gasteiger partial charge in [-0.25, -0.2) is 0 Å². The van der Waals surface area contributed by atoms with Crippen LogP contribution < -0.4 is 5.32 Å². The van der Waals surface area contributed by atoms with Gasteiger partial charge >= 0.3 is 0 Å². The highest BCUT2D eigenvalue weighted by Gasteiger charge is 2.33. The van der Waals surface area contributed by atoms with Crippen LogP contribution in [0.2, 0.25) is 0 Å². The number of aliphatic hydroxyl groups excluding tert-OH is 1. The predicted molar refractivity (Wildman–Crippen MR) is 78.8 cm³/mol. The van der Waals surface area contributed by atoms with Crippen molar-refractivity contribution in [1.82, 2.24) is 5.32 Å². The van der Waals surface area contributed by atoms with E-state index in [1.807, 2.05) is 13.8 Å². The van der Waals surface area contributed by atoms with E-state index in [1.54, 1.807) is 0 Å². The number of amides is 1. The smallest absolute Gasteiger partial charge is 0.223 e. The normalized spacial score (nSPS) is 25.2. The molecule has 0 radical (unpaired) electrons. The van der Waals surface area contributed by atoms with Crippen LogP contribution in [0.1, 0.15) is 66.7 Å². The third-order valence-electron chi connectivity index (χ3n) is 4.52. The zero-order valence-corrected chi connectivity index (χ0v) is 13.3. The molecule has 1 amide bonds. The minimum absolute atomic E-state index is 0.115. The van der Waals surface area contributed by atoms with Crippen LogP contribution in [-0.2, 0) is 4.79 Å². The fourth-order valence-corrected chi connectivity index (χ4v) is 3.00. The summed E-state index contributed by atoms with van der Waals surface area (Å²) in [6.45, 7) is 10.9. The molecule has 0 aliphatic heterocycles. The van der Waals surface area contributed by atoms with E-state index in [4.69, 9.17) is 5.11 Å². The maximum absolute atomic E-state index is 12.3. The van der Waals surface area contributed by atoms with Crippen molar-refractivity contribution < 1.29 is 9.90 Å². The first-order chi connectivity index (χ1) is 8.65. The molecule has 0 aromatic rings. The molecule has 0 heterocycles. The van der Waals surface area contributed by atoms with Crippen molar-refractivity contribution in [2.45, 2.75) is 72.3 Å². The molecule has 0 aromatic heterocycles. The lowest BCUT2D eigenvalue weighted by Crippen LogP contribution is -2.47. The lowest BCUT2D eigenvalue weighted by Gasteiger charge is -2.37. The van der Waals surface area contributed by atoms with Crippen LogP contribution >= 0.6 is 0 Å². The third-order valence-corrected chi connectivity index (χ3v) is 4.52. The maximum Gasteiger partial charge on any atom is 0.223 e. The molecule has 0 bridgehead atoms. The summed E-state index contributed by atoms with van der Waals surface area (Å²) in [5, 5.41) is 12.1. The van der Waals surface area contributed by atoms with Gasteiger partial charge in [0.15, 0.2) is 0 Å². The molecule has 0 unspecified atom stereocenters. The minimum Gasteiger partial charge on any atom is -0.396 e. The lowest BCUT2D eigenvalue weighted by atomic mass is 9.69. The van der Waals surface area contributed by atoms with Gasteiger partial charge in [-0.2, -0.15) is 0 Å². The molecular weight excluding hydrogens is 238 g/mol. The first kappa shape index (κ1) is 16.5. The van der Waals surface area contributed by atoms with E-state index in [2.05, 4.69) is 26.1 Å². The summed E-state index contributed by atoms with van der Waals surface area (Å²) in [4.78, 5) is 12.3. The quantitative estimate of drug-likeness (QED) is 0.824. The molecule has 1 aliphatic carbocycles. The van der Waals surface area contributed by atoms with Gasteiger partial charge in [0.25, 0.3) is 0 Å². The SMILES string of the molecule is CC(C)(CCO)NC(=O)C1CCC(C(C)(C)C)CC1. The van der Waals surface area contributed by atoms with Gasteiger partial charge in [-0.05, 0) is 57.3 Å². The summed E-state index contributed by atoms with van der Waals surface area (Å²) in [7, 11) is 0. The number of carbonyl (C=O) groups excluding carboxylic acids is 1. The van der Waals surface area contributed by atoms with Gasteiger partial charge in [-0.15, -0.1) is 0 Å². The highest BCUT2D eigenvalue weighted by atomic mass is 16.3. The molecule has 3 nitrogen and oxygen atoms in total. The van der Waals surface area contributed by atoms with Gasteiger partial charge in [-0.1, -0.05) is 20.8 Å². The van der Waals surface area contributed by atoms with Gasteiger partial charge in [-0.3, -0.25) is 4.79 Å². The van der Waals surface area contributed by atoms with Crippen molar-refractivity contribution >= 4 is 5.91 Å². The summed E-state index contributed by atoms with van der Waals surface area (Å²) in [6, 6.07) is 0. The van der Waals surface area contributed by atoms with E-state index >= 15 is 0 Å². The molecule has 1 fully saturated rings. The van der Waals surface area contributed by atoms with Crippen LogP contribution in [0.5, 0.6) is 0 Å². The summed E-state index contributed by atoms with van der Waals surface area (Å²) in [6.07, 6.45) is 4.92. The Bertz CT molecular complexity index is 296. The summed E-state index contributed by atoms with van der Waals surface area (Å²) in [5.41, 5.74) is 0.0598. The van der Waals surface area contributed by atoms with Crippen molar-refractivity contribution in [3.63, 3.8) is 0 Å². The second-order valence-corrected chi connectivity index (χ2v) is 7.76. The van der Waals surface area contributed by atoms with E-state index in [1.165, 1.54) is 0 Å². The number of nitrogens with one attached hydrogen (secondary N) is 1. The Morgan fingerprint density at radius 1 is 1.11 bits per heavy atom. The van der Waals surface area contributed by atoms with Gasteiger partial charge in [0, 0.05) is 18.1 Å². The van der Waals surface area contributed by atoms with Crippen LogP contribution in [0.15, 0.2) is 0 Å². The van der Waals surface area contributed by atoms with Crippen LogP contribution in [0.4, 0.5) is 0 Å². The molecular formula is C16H31NO2. The van der Waals surface area contributed by atoms with Gasteiger partial charge in [0.1, 0.15) is 0 Å². The maximum atomic E-state index is 12.3. The Balaban J connectivity index is 2.45. The molecule has 0 spiro atoms. The van der Waals surface area contributed by atoms with Crippen molar-refractivity contribution in [2.75, 3.05) is 6.61 Å². The number of hydrogen-bond donors (Lipinski definition) is 2. The lowest BCUT2D eigenvalue weighted by molar-refractivity contribution is -0.128. The third kappa shape index (κ3) is 5.13. The predicted octanol–water partition coefficient (Wildman–Crippen LogP) is 3.12. The Kier molecular flexibility index (Phi) is 5.43. The first-order valence-electron chi connectivity index (χ1n) is 7.58. The molecule has 0 atom stereocenters. The number of rotatable bonds is 4. The Morgan fingerprint density at radius 2 is 1.63 bits per heavy atom. The molecule has 1 aliphatic rings. The molecule has 2 N–H and O–H groups in total. The largest absolute Gasteiger partial charge is 0.396 e. The number of aliphatic hydroxyl groups is 1. The van der Waals surface area contributed by atoms with E-state index in [0.717, 1.165) is 31.6 Å². The van der Waals surface area contributed by atoms with Crippen molar-refractivity contribution in [3.05, 3.63) is 0 Å². The fraction of sp³-hybridized carbons (Fsp3) is 0.938. The molecule has 19 heavy (non-hydrogen) atoms. The number of carbonyl (C=O) groups is 1. The summed E-state index contributed by atoms with van der Waals surface area (Å²) < 4.78 is 0. The van der Waals surface area contributed by atoms with E-state index < -0.39 is 0 Å². The fourth-order valence-electron chi connectivity index (χ4n) is 3.00. The molecule has 3 heteroatoms. The molecule has 0 aromatic carbocycles.